The van der Waals surface area contributed by atoms with E-state index in [1.54, 1.807) is 30.5 Å². The summed E-state index contributed by atoms with van der Waals surface area (Å²) >= 11 is 15.9. The molecule has 2 aromatic carbocycles. The number of halogens is 3. The third-order valence-electron chi connectivity index (χ3n) is 4.13. The van der Waals surface area contributed by atoms with Crippen molar-refractivity contribution in [3.05, 3.63) is 85.6 Å². The van der Waals surface area contributed by atoms with Gasteiger partial charge in [-0.15, -0.1) is 0 Å². The molecule has 0 unspecified atom stereocenters. The summed E-state index contributed by atoms with van der Waals surface area (Å²) in [6, 6.07) is 14.7. The van der Waals surface area contributed by atoms with Gasteiger partial charge in [-0.2, -0.15) is 5.10 Å². The Kier molecular flexibility index (Phi) is 6.05. The lowest BCUT2D eigenvalue weighted by atomic mass is 10.2. The molecule has 0 saturated heterocycles. The average molecular weight is 465 g/mol. The van der Waals surface area contributed by atoms with Crippen LogP contribution in [0.1, 0.15) is 27.3 Å². The van der Waals surface area contributed by atoms with Gasteiger partial charge in [0.05, 0.1) is 27.5 Å². The molecule has 1 aromatic heterocycles. The molecule has 4 nitrogen and oxygen atoms in total. The Balaban J connectivity index is 1.85. The maximum atomic E-state index is 12.2. The van der Waals surface area contributed by atoms with E-state index in [1.165, 1.54) is 0 Å². The number of hydrogen-bond acceptors (Lipinski definition) is 2. The van der Waals surface area contributed by atoms with Gasteiger partial charge in [-0.05, 0) is 60.1 Å². The largest absolute Gasteiger partial charge is 0.316 e. The molecule has 0 spiro atoms. The van der Waals surface area contributed by atoms with Crippen LogP contribution in [0.2, 0.25) is 10.0 Å². The molecule has 7 heteroatoms. The number of aryl methyl sites for hydroxylation is 1. The number of hydrogen-bond donors (Lipinski definition) is 1. The van der Waals surface area contributed by atoms with Gasteiger partial charge in [0.2, 0.25) is 0 Å². The molecule has 0 radical (unpaired) electrons. The molecule has 0 atom stereocenters. The van der Waals surface area contributed by atoms with Crippen LogP contribution in [0.15, 0.2) is 58.1 Å². The number of rotatable bonds is 4. The first kappa shape index (κ1) is 19.7. The fraction of sp³-hybridized carbons (Fsp3) is 0.100. The Morgan fingerprint density at radius 2 is 1.89 bits per heavy atom. The Morgan fingerprint density at radius 3 is 2.63 bits per heavy atom. The van der Waals surface area contributed by atoms with Crippen LogP contribution in [0, 0.1) is 13.8 Å². The summed E-state index contributed by atoms with van der Waals surface area (Å²) in [5.41, 5.74) is 6.66. The molecule has 0 saturated carbocycles. The zero-order chi connectivity index (χ0) is 19.6. The van der Waals surface area contributed by atoms with Gasteiger partial charge < -0.3 is 4.57 Å². The Bertz CT molecular complexity index is 1040. The van der Waals surface area contributed by atoms with E-state index < -0.39 is 0 Å². The molecular weight excluding hydrogens is 449 g/mol. The average Bonchev–Trinajstić information content (AvgIpc) is 2.91. The molecule has 27 heavy (non-hydrogen) atoms. The van der Waals surface area contributed by atoms with E-state index >= 15 is 0 Å². The van der Waals surface area contributed by atoms with Crippen molar-refractivity contribution in [3.8, 4) is 5.69 Å². The van der Waals surface area contributed by atoms with Crippen LogP contribution in [0.25, 0.3) is 5.69 Å². The molecule has 0 bridgehead atoms. The van der Waals surface area contributed by atoms with E-state index in [0.29, 0.717) is 20.1 Å². The minimum absolute atomic E-state index is 0.287. The Morgan fingerprint density at radius 1 is 1.15 bits per heavy atom. The Labute approximate surface area is 175 Å². The topological polar surface area (TPSA) is 46.4 Å². The van der Waals surface area contributed by atoms with Crippen molar-refractivity contribution < 1.29 is 4.79 Å². The number of amides is 1. The van der Waals surface area contributed by atoms with Crippen molar-refractivity contribution in [1.29, 1.82) is 0 Å². The maximum Gasteiger partial charge on any atom is 0.272 e. The zero-order valence-corrected chi connectivity index (χ0v) is 17.7. The van der Waals surface area contributed by atoms with Gasteiger partial charge in [-0.3, -0.25) is 4.79 Å². The highest BCUT2D eigenvalue weighted by molar-refractivity contribution is 9.10. The summed E-state index contributed by atoms with van der Waals surface area (Å²) in [4.78, 5) is 12.2. The van der Waals surface area contributed by atoms with E-state index in [2.05, 4.69) is 26.5 Å². The van der Waals surface area contributed by atoms with Gasteiger partial charge in [-0.25, -0.2) is 5.43 Å². The Hall–Kier alpha value is -2.08. The van der Waals surface area contributed by atoms with Crippen molar-refractivity contribution in [2.24, 2.45) is 5.10 Å². The second-order valence-corrected chi connectivity index (χ2v) is 7.55. The first-order chi connectivity index (χ1) is 12.9. The molecule has 0 aliphatic carbocycles. The van der Waals surface area contributed by atoms with Crippen LogP contribution in [0.5, 0.6) is 0 Å². The normalized spacial score (nSPS) is 11.1. The summed E-state index contributed by atoms with van der Waals surface area (Å²) in [5.74, 6) is -0.287. The van der Waals surface area contributed by atoms with Gasteiger partial charge >= 0.3 is 0 Å². The minimum atomic E-state index is -0.287. The van der Waals surface area contributed by atoms with Crippen molar-refractivity contribution in [2.75, 3.05) is 0 Å². The summed E-state index contributed by atoms with van der Waals surface area (Å²) in [6.45, 7) is 3.93. The third kappa shape index (κ3) is 4.10. The van der Waals surface area contributed by atoms with Gasteiger partial charge in [0.1, 0.15) is 0 Å². The van der Waals surface area contributed by atoms with Crippen LogP contribution in [0.4, 0.5) is 0 Å². The lowest BCUT2D eigenvalue weighted by Crippen LogP contribution is -2.18. The molecule has 0 fully saturated rings. The van der Waals surface area contributed by atoms with Gasteiger partial charge in [0.15, 0.2) is 0 Å². The van der Waals surface area contributed by atoms with Crippen molar-refractivity contribution in [1.82, 2.24) is 9.99 Å². The standard InChI is InChI=1S/C20H16BrCl2N3O/c1-12-10-14(11-24-25-20(27)15-6-3-4-7-16(15)21)13(2)26(12)18-9-5-8-17(22)19(18)23/h3-11H,1-2H3,(H,25,27)/b24-11-. The zero-order valence-electron chi connectivity index (χ0n) is 14.6. The molecule has 0 aliphatic heterocycles. The van der Waals surface area contributed by atoms with Gasteiger partial charge in [0.25, 0.3) is 5.91 Å². The molecule has 138 valence electrons. The SMILES string of the molecule is Cc1cc(/C=N\NC(=O)c2ccccc2Br)c(C)n1-c1cccc(Cl)c1Cl. The molecule has 3 aromatic rings. The number of benzene rings is 2. The van der Waals surface area contributed by atoms with Gasteiger partial charge in [0, 0.05) is 21.4 Å². The monoisotopic (exact) mass is 463 g/mol. The molecule has 1 N–H and O–H groups in total. The predicted molar refractivity (Wildman–Crippen MR) is 114 cm³/mol. The van der Waals surface area contributed by atoms with Crippen molar-refractivity contribution in [2.45, 2.75) is 13.8 Å². The van der Waals surface area contributed by atoms with E-state index in [0.717, 1.165) is 22.6 Å². The third-order valence-corrected chi connectivity index (χ3v) is 5.63. The number of nitrogens with zero attached hydrogens (tertiary/aromatic N) is 2. The number of aromatic nitrogens is 1. The number of hydrazone groups is 1. The van der Waals surface area contributed by atoms with E-state index in [1.807, 2.05) is 42.7 Å². The molecule has 0 aliphatic rings. The van der Waals surface area contributed by atoms with Crippen molar-refractivity contribution in [3.63, 3.8) is 0 Å². The summed E-state index contributed by atoms with van der Waals surface area (Å²) in [6.07, 6.45) is 1.62. The number of nitrogens with one attached hydrogen (secondary N) is 1. The van der Waals surface area contributed by atoms with E-state index in [9.17, 15) is 4.79 Å². The summed E-state index contributed by atoms with van der Waals surface area (Å²) in [5, 5.41) is 5.08. The van der Waals surface area contributed by atoms with Crippen molar-refractivity contribution >= 4 is 51.3 Å². The smallest absolute Gasteiger partial charge is 0.272 e. The molecule has 1 amide bonds. The van der Waals surface area contributed by atoms with E-state index in [4.69, 9.17) is 23.2 Å². The highest BCUT2D eigenvalue weighted by atomic mass is 79.9. The highest BCUT2D eigenvalue weighted by Crippen LogP contribution is 2.31. The number of carbonyl (C=O) groups excluding carboxylic acids is 1. The van der Waals surface area contributed by atoms with Crippen LogP contribution >= 0.6 is 39.1 Å². The first-order valence-electron chi connectivity index (χ1n) is 8.11. The predicted octanol–water partition coefficient (Wildman–Crippen LogP) is 5.93. The number of carbonyl (C=O) groups is 1. The second-order valence-electron chi connectivity index (χ2n) is 5.91. The molecule has 1 heterocycles. The molecule has 3 rings (SSSR count). The lowest BCUT2D eigenvalue weighted by Gasteiger charge is -2.12. The van der Waals surface area contributed by atoms with Crippen LogP contribution in [-0.4, -0.2) is 16.7 Å². The fourth-order valence-corrected chi connectivity index (χ4v) is 3.67. The minimum Gasteiger partial charge on any atom is -0.316 e. The van der Waals surface area contributed by atoms with Gasteiger partial charge in [-0.1, -0.05) is 41.4 Å². The fourth-order valence-electron chi connectivity index (χ4n) is 2.82. The van der Waals surface area contributed by atoms with Crippen LogP contribution in [0.3, 0.4) is 0 Å². The lowest BCUT2D eigenvalue weighted by molar-refractivity contribution is 0.0954. The summed E-state index contributed by atoms with van der Waals surface area (Å²) < 4.78 is 2.72. The maximum absolute atomic E-state index is 12.2. The van der Waals surface area contributed by atoms with Crippen LogP contribution in [-0.2, 0) is 0 Å². The second kappa shape index (κ2) is 8.30. The van der Waals surface area contributed by atoms with Crippen LogP contribution < -0.4 is 5.43 Å². The van der Waals surface area contributed by atoms with E-state index in [-0.39, 0.29) is 5.91 Å². The molecular formula is C20H16BrCl2N3O. The first-order valence-corrected chi connectivity index (χ1v) is 9.66. The quantitative estimate of drug-likeness (QED) is 0.377. The highest BCUT2D eigenvalue weighted by Gasteiger charge is 2.14. The summed E-state index contributed by atoms with van der Waals surface area (Å²) in [7, 11) is 0.